The number of nitrogens with zero attached hydrogens (tertiary/aromatic N) is 4. The van der Waals surface area contributed by atoms with Gasteiger partial charge in [0.25, 0.3) is 0 Å². The van der Waals surface area contributed by atoms with E-state index in [0.29, 0.717) is 19.6 Å². The fraction of sp³-hybridized carbons (Fsp3) is 0.733. The lowest BCUT2D eigenvalue weighted by Crippen LogP contribution is -2.48. The summed E-state index contributed by atoms with van der Waals surface area (Å²) >= 11 is 0. The van der Waals surface area contributed by atoms with Crippen molar-refractivity contribution in [2.24, 2.45) is 5.92 Å². The maximum absolute atomic E-state index is 12.9. The van der Waals surface area contributed by atoms with Crippen LogP contribution in [0, 0.1) is 5.92 Å². The monoisotopic (exact) mass is 340 g/mol. The summed E-state index contributed by atoms with van der Waals surface area (Å²) in [5, 5.41) is 4.22. The van der Waals surface area contributed by atoms with Gasteiger partial charge in [-0.1, -0.05) is 0 Å². The first-order valence-electron chi connectivity index (χ1n) is 8.18. The van der Waals surface area contributed by atoms with Gasteiger partial charge < -0.3 is 4.90 Å². The average Bonchev–Trinajstić information content (AvgIpc) is 3.18. The number of amides is 1. The zero-order valence-corrected chi connectivity index (χ0v) is 14.3. The number of piperidine rings is 1. The molecule has 0 bridgehead atoms. The van der Waals surface area contributed by atoms with Crippen LogP contribution in [-0.4, -0.2) is 65.2 Å². The maximum atomic E-state index is 12.9. The average molecular weight is 340 g/mol. The highest BCUT2D eigenvalue weighted by Crippen LogP contribution is 2.26. The van der Waals surface area contributed by atoms with E-state index in [2.05, 4.69) is 5.10 Å². The second-order valence-corrected chi connectivity index (χ2v) is 8.50. The van der Waals surface area contributed by atoms with E-state index in [9.17, 15) is 13.2 Å². The minimum atomic E-state index is -3.22. The summed E-state index contributed by atoms with van der Waals surface area (Å²) in [6, 6.07) is 2.04. The standard InChI is InChI=1S/C15H24N4O3S/c1-23(21,22)18-9-2-5-13(11-18)15(20)19-10-3-6-14(19)12-17-8-4-7-16-17/h4,7-8,13-14H,2-3,5-6,9-12H2,1H3/t13-,14-/m0/s1. The Morgan fingerprint density at radius 3 is 2.74 bits per heavy atom. The molecule has 0 aliphatic carbocycles. The molecule has 2 fully saturated rings. The van der Waals surface area contributed by atoms with Gasteiger partial charge in [0.05, 0.1) is 24.8 Å². The van der Waals surface area contributed by atoms with Crippen LogP contribution in [-0.2, 0) is 21.4 Å². The van der Waals surface area contributed by atoms with E-state index in [0.717, 1.165) is 32.2 Å². The number of carbonyl (C=O) groups excluding carboxylic acids is 1. The molecule has 128 valence electrons. The molecule has 23 heavy (non-hydrogen) atoms. The zero-order chi connectivity index (χ0) is 16.4. The van der Waals surface area contributed by atoms with Crippen molar-refractivity contribution < 1.29 is 13.2 Å². The summed E-state index contributed by atoms with van der Waals surface area (Å²) in [5.41, 5.74) is 0. The molecule has 2 aliphatic rings. The van der Waals surface area contributed by atoms with E-state index in [4.69, 9.17) is 0 Å². The number of likely N-dealkylation sites (tertiary alicyclic amines) is 1. The summed E-state index contributed by atoms with van der Waals surface area (Å²) < 4.78 is 26.8. The third-order valence-electron chi connectivity index (χ3n) is 4.82. The second-order valence-electron chi connectivity index (χ2n) is 6.52. The molecule has 7 nitrogen and oxygen atoms in total. The number of carbonyl (C=O) groups is 1. The molecule has 0 unspecified atom stereocenters. The highest BCUT2D eigenvalue weighted by molar-refractivity contribution is 7.88. The van der Waals surface area contributed by atoms with Crippen LogP contribution >= 0.6 is 0 Å². The minimum Gasteiger partial charge on any atom is -0.338 e. The fourth-order valence-corrected chi connectivity index (χ4v) is 4.53. The number of aromatic nitrogens is 2. The summed E-state index contributed by atoms with van der Waals surface area (Å²) in [5.74, 6) is -0.107. The molecule has 8 heteroatoms. The van der Waals surface area contributed by atoms with Crippen LogP contribution in [0.1, 0.15) is 25.7 Å². The van der Waals surface area contributed by atoms with Gasteiger partial charge in [0.2, 0.25) is 15.9 Å². The van der Waals surface area contributed by atoms with Gasteiger partial charge in [-0.15, -0.1) is 0 Å². The SMILES string of the molecule is CS(=O)(=O)N1CCC[C@H](C(=O)N2CCC[C@H]2Cn2cccn2)C1. The Labute approximate surface area is 137 Å². The van der Waals surface area contributed by atoms with E-state index in [1.165, 1.54) is 10.6 Å². The van der Waals surface area contributed by atoms with E-state index < -0.39 is 10.0 Å². The second kappa shape index (κ2) is 6.60. The van der Waals surface area contributed by atoms with Crippen molar-refractivity contribution in [3.63, 3.8) is 0 Å². The highest BCUT2D eigenvalue weighted by atomic mass is 32.2. The predicted octanol–water partition coefficient (Wildman–Crippen LogP) is 0.546. The fourth-order valence-electron chi connectivity index (χ4n) is 3.62. The van der Waals surface area contributed by atoms with E-state index in [-0.39, 0.29) is 17.9 Å². The molecular formula is C15H24N4O3S. The van der Waals surface area contributed by atoms with Crippen molar-refractivity contribution in [3.05, 3.63) is 18.5 Å². The quantitative estimate of drug-likeness (QED) is 0.802. The first-order chi connectivity index (χ1) is 10.9. The topological polar surface area (TPSA) is 75.5 Å². The van der Waals surface area contributed by atoms with Gasteiger partial charge in [-0.3, -0.25) is 9.48 Å². The van der Waals surface area contributed by atoms with Crippen LogP contribution in [0.15, 0.2) is 18.5 Å². The van der Waals surface area contributed by atoms with Gasteiger partial charge in [0, 0.05) is 32.0 Å². The van der Waals surface area contributed by atoms with Crippen molar-refractivity contribution in [2.45, 2.75) is 38.3 Å². The zero-order valence-electron chi connectivity index (χ0n) is 13.5. The van der Waals surface area contributed by atoms with Crippen molar-refractivity contribution in [1.29, 1.82) is 0 Å². The number of hydrogen-bond acceptors (Lipinski definition) is 4. The Bertz CT molecular complexity index is 644. The van der Waals surface area contributed by atoms with E-state index in [1.54, 1.807) is 6.20 Å². The van der Waals surface area contributed by atoms with Crippen LogP contribution in [0.5, 0.6) is 0 Å². The van der Waals surface area contributed by atoms with Gasteiger partial charge in [-0.05, 0) is 31.7 Å². The van der Waals surface area contributed by atoms with Crippen molar-refractivity contribution in [3.8, 4) is 0 Å². The molecule has 1 aromatic rings. The largest absolute Gasteiger partial charge is 0.338 e. The van der Waals surface area contributed by atoms with Crippen LogP contribution < -0.4 is 0 Å². The number of rotatable bonds is 4. The number of hydrogen-bond donors (Lipinski definition) is 0. The normalized spacial score (nSPS) is 26.6. The van der Waals surface area contributed by atoms with Gasteiger partial charge in [0.15, 0.2) is 0 Å². The minimum absolute atomic E-state index is 0.105. The molecule has 2 aliphatic heterocycles. The molecule has 1 aromatic heterocycles. The summed E-state index contributed by atoms with van der Waals surface area (Å²) in [6.07, 6.45) is 8.38. The maximum Gasteiger partial charge on any atom is 0.227 e. The Kier molecular flexibility index (Phi) is 4.72. The van der Waals surface area contributed by atoms with Crippen LogP contribution in [0.25, 0.3) is 0 Å². The lowest BCUT2D eigenvalue weighted by Gasteiger charge is -2.34. The molecule has 1 amide bonds. The third kappa shape index (κ3) is 3.74. The lowest BCUT2D eigenvalue weighted by molar-refractivity contribution is -0.137. The molecule has 0 spiro atoms. The van der Waals surface area contributed by atoms with Crippen LogP contribution in [0.4, 0.5) is 0 Å². The molecule has 3 rings (SSSR count). The molecule has 0 aromatic carbocycles. The molecule has 2 atom stereocenters. The predicted molar refractivity (Wildman–Crippen MR) is 86.1 cm³/mol. The number of sulfonamides is 1. The lowest BCUT2D eigenvalue weighted by atomic mass is 9.97. The Balaban J connectivity index is 1.66. The molecular weight excluding hydrogens is 316 g/mol. The molecule has 0 N–H and O–H groups in total. The van der Waals surface area contributed by atoms with Crippen LogP contribution in [0.3, 0.4) is 0 Å². The van der Waals surface area contributed by atoms with Crippen LogP contribution in [0.2, 0.25) is 0 Å². The molecule has 2 saturated heterocycles. The molecule has 0 radical (unpaired) electrons. The summed E-state index contributed by atoms with van der Waals surface area (Å²) in [7, 11) is -3.22. The Hall–Kier alpha value is -1.41. The summed E-state index contributed by atoms with van der Waals surface area (Å²) in [4.78, 5) is 14.8. The van der Waals surface area contributed by atoms with Crippen molar-refractivity contribution >= 4 is 15.9 Å². The third-order valence-corrected chi connectivity index (χ3v) is 6.09. The van der Waals surface area contributed by atoms with E-state index in [1.807, 2.05) is 21.8 Å². The van der Waals surface area contributed by atoms with Gasteiger partial charge in [0.1, 0.15) is 0 Å². The van der Waals surface area contributed by atoms with Gasteiger partial charge >= 0.3 is 0 Å². The summed E-state index contributed by atoms with van der Waals surface area (Å²) in [6.45, 7) is 2.32. The van der Waals surface area contributed by atoms with Crippen molar-refractivity contribution in [1.82, 2.24) is 19.0 Å². The van der Waals surface area contributed by atoms with Gasteiger partial charge in [-0.25, -0.2) is 12.7 Å². The smallest absolute Gasteiger partial charge is 0.227 e. The Morgan fingerprint density at radius 1 is 1.26 bits per heavy atom. The first-order valence-corrected chi connectivity index (χ1v) is 10.0. The van der Waals surface area contributed by atoms with Crippen molar-refractivity contribution in [2.75, 3.05) is 25.9 Å². The highest BCUT2D eigenvalue weighted by Gasteiger charge is 2.36. The molecule has 0 saturated carbocycles. The Morgan fingerprint density at radius 2 is 2.04 bits per heavy atom. The van der Waals surface area contributed by atoms with Gasteiger partial charge in [-0.2, -0.15) is 5.10 Å². The first kappa shape index (κ1) is 16.4. The molecule has 3 heterocycles. The van der Waals surface area contributed by atoms with E-state index >= 15 is 0 Å².